The second kappa shape index (κ2) is 7.50. The Hall–Kier alpha value is -2.02. The number of aromatic nitrogens is 3. The van der Waals surface area contributed by atoms with E-state index in [9.17, 15) is 4.79 Å². The van der Waals surface area contributed by atoms with E-state index in [2.05, 4.69) is 30.9 Å². The minimum absolute atomic E-state index is 0.00112. The van der Waals surface area contributed by atoms with Crippen molar-refractivity contribution in [3.8, 4) is 6.01 Å². The molecule has 3 heterocycles. The molecule has 3 rings (SSSR count). The Morgan fingerprint density at radius 3 is 2.61 bits per heavy atom. The number of hydrogen-bond acceptors (Lipinski definition) is 5. The van der Waals surface area contributed by atoms with E-state index < -0.39 is 0 Å². The average Bonchev–Trinajstić information content (AvgIpc) is 2.62. The summed E-state index contributed by atoms with van der Waals surface area (Å²) >= 11 is 3.29. The van der Waals surface area contributed by atoms with E-state index in [1.807, 2.05) is 17.0 Å². The van der Waals surface area contributed by atoms with Crippen LogP contribution in [0.4, 0.5) is 0 Å². The Morgan fingerprint density at radius 2 is 1.96 bits per heavy atom. The molecule has 6 nitrogen and oxygen atoms in total. The van der Waals surface area contributed by atoms with Gasteiger partial charge in [0, 0.05) is 31.7 Å². The maximum absolute atomic E-state index is 12.3. The highest BCUT2D eigenvalue weighted by Crippen LogP contribution is 2.19. The minimum atomic E-state index is 0.00112. The first-order chi connectivity index (χ1) is 11.2. The summed E-state index contributed by atoms with van der Waals surface area (Å²) < 4.78 is 6.45. The molecule has 0 bridgehead atoms. The number of amides is 1. The van der Waals surface area contributed by atoms with Crippen LogP contribution in [-0.4, -0.2) is 45.5 Å². The van der Waals surface area contributed by atoms with Crippen molar-refractivity contribution >= 4 is 21.8 Å². The summed E-state index contributed by atoms with van der Waals surface area (Å²) in [5.74, 6) is 0.413. The Kier molecular flexibility index (Phi) is 5.17. The van der Waals surface area contributed by atoms with Crippen molar-refractivity contribution in [3.05, 3.63) is 47.0 Å². The topological polar surface area (TPSA) is 68.2 Å². The lowest BCUT2D eigenvalue weighted by atomic mass is 9.97. The number of nitrogens with zero attached hydrogens (tertiary/aromatic N) is 4. The predicted molar refractivity (Wildman–Crippen MR) is 88.1 cm³/mol. The molecule has 7 heteroatoms. The standard InChI is InChI=1S/C16H17BrN4O2/c17-13-9-19-16(20-10-13)23-11-12-4-7-21(8-5-12)15(22)14-3-1-2-6-18-14/h1-3,6,9-10,12H,4-5,7-8,11H2. The highest BCUT2D eigenvalue weighted by Gasteiger charge is 2.24. The predicted octanol–water partition coefficient (Wildman–Crippen LogP) is 2.57. The maximum Gasteiger partial charge on any atom is 0.316 e. The van der Waals surface area contributed by atoms with E-state index in [4.69, 9.17) is 4.74 Å². The number of likely N-dealkylation sites (tertiary alicyclic amines) is 1. The zero-order chi connectivity index (χ0) is 16.1. The number of carbonyl (C=O) groups excluding carboxylic acids is 1. The van der Waals surface area contributed by atoms with Crippen LogP contribution >= 0.6 is 15.9 Å². The van der Waals surface area contributed by atoms with Crippen molar-refractivity contribution < 1.29 is 9.53 Å². The summed E-state index contributed by atoms with van der Waals surface area (Å²) in [4.78, 5) is 26.5. The Morgan fingerprint density at radius 1 is 1.22 bits per heavy atom. The molecule has 0 radical (unpaired) electrons. The van der Waals surface area contributed by atoms with Crippen LogP contribution in [0.1, 0.15) is 23.3 Å². The summed E-state index contributed by atoms with van der Waals surface area (Å²) in [7, 11) is 0. The largest absolute Gasteiger partial charge is 0.463 e. The molecule has 0 saturated carbocycles. The Bertz CT molecular complexity index is 643. The SMILES string of the molecule is O=C(c1ccccn1)N1CCC(COc2ncc(Br)cn2)CC1. The first-order valence-electron chi connectivity index (χ1n) is 7.53. The van der Waals surface area contributed by atoms with Gasteiger partial charge in [-0.3, -0.25) is 9.78 Å². The molecule has 1 aliphatic rings. The molecular formula is C16H17BrN4O2. The monoisotopic (exact) mass is 376 g/mol. The highest BCUT2D eigenvalue weighted by atomic mass is 79.9. The van der Waals surface area contributed by atoms with Gasteiger partial charge in [0.1, 0.15) is 5.69 Å². The first-order valence-corrected chi connectivity index (χ1v) is 8.32. The lowest BCUT2D eigenvalue weighted by molar-refractivity contribution is 0.0651. The van der Waals surface area contributed by atoms with Gasteiger partial charge in [-0.1, -0.05) is 6.07 Å². The normalized spacial score (nSPS) is 15.4. The molecule has 0 aliphatic carbocycles. The smallest absolute Gasteiger partial charge is 0.316 e. The van der Waals surface area contributed by atoms with Gasteiger partial charge in [-0.25, -0.2) is 9.97 Å². The molecule has 1 aliphatic heterocycles. The van der Waals surface area contributed by atoms with Gasteiger partial charge in [0.25, 0.3) is 5.91 Å². The molecule has 2 aromatic rings. The molecule has 0 N–H and O–H groups in total. The fourth-order valence-corrected chi connectivity index (χ4v) is 2.73. The number of ether oxygens (including phenoxy) is 1. The first kappa shape index (κ1) is 15.9. The number of pyridine rings is 1. The minimum Gasteiger partial charge on any atom is -0.463 e. The van der Waals surface area contributed by atoms with Crippen molar-refractivity contribution in [1.29, 1.82) is 0 Å². The highest BCUT2D eigenvalue weighted by molar-refractivity contribution is 9.10. The quantitative estimate of drug-likeness (QED) is 0.819. The third kappa shape index (κ3) is 4.25. The number of hydrogen-bond donors (Lipinski definition) is 0. The zero-order valence-corrected chi connectivity index (χ0v) is 14.1. The van der Waals surface area contributed by atoms with E-state index in [0.717, 1.165) is 30.4 Å². The van der Waals surface area contributed by atoms with Crippen LogP contribution in [0, 0.1) is 5.92 Å². The van der Waals surface area contributed by atoms with E-state index >= 15 is 0 Å². The van der Waals surface area contributed by atoms with E-state index in [1.54, 1.807) is 24.7 Å². The Labute approximate surface area is 143 Å². The van der Waals surface area contributed by atoms with Crippen LogP contribution in [0.2, 0.25) is 0 Å². The number of rotatable bonds is 4. The van der Waals surface area contributed by atoms with Crippen LogP contribution in [0.5, 0.6) is 6.01 Å². The molecule has 0 unspecified atom stereocenters. The van der Waals surface area contributed by atoms with Gasteiger partial charge in [-0.05, 0) is 46.8 Å². The van der Waals surface area contributed by atoms with Gasteiger partial charge in [-0.15, -0.1) is 0 Å². The fourth-order valence-electron chi connectivity index (χ4n) is 2.52. The summed E-state index contributed by atoms with van der Waals surface area (Å²) in [6.45, 7) is 2.03. The Balaban J connectivity index is 1.47. The van der Waals surface area contributed by atoms with Gasteiger partial charge in [0.15, 0.2) is 0 Å². The maximum atomic E-state index is 12.3. The van der Waals surface area contributed by atoms with Crippen LogP contribution in [-0.2, 0) is 0 Å². The molecule has 0 atom stereocenters. The number of carbonyl (C=O) groups is 1. The van der Waals surface area contributed by atoms with Crippen molar-refractivity contribution in [2.75, 3.05) is 19.7 Å². The lowest BCUT2D eigenvalue weighted by Crippen LogP contribution is -2.40. The third-order valence-corrected chi connectivity index (χ3v) is 4.24. The van der Waals surface area contributed by atoms with Crippen LogP contribution in [0.15, 0.2) is 41.3 Å². The average molecular weight is 377 g/mol. The van der Waals surface area contributed by atoms with Gasteiger partial charge in [0.2, 0.25) is 0 Å². The molecular weight excluding hydrogens is 360 g/mol. The van der Waals surface area contributed by atoms with Crippen molar-refractivity contribution in [2.24, 2.45) is 5.92 Å². The number of halogens is 1. The summed E-state index contributed by atoms with van der Waals surface area (Å²) in [5, 5.41) is 0. The summed E-state index contributed by atoms with van der Waals surface area (Å²) in [6.07, 6.45) is 6.79. The zero-order valence-electron chi connectivity index (χ0n) is 12.6. The van der Waals surface area contributed by atoms with E-state index in [-0.39, 0.29) is 5.91 Å². The van der Waals surface area contributed by atoms with Crippen LogP contribution in [0.3, 0.4) is 0 Å². The fraction of sp³-hybridized carbons (Fsp3) is 0.375. The van der Waals surface area contributed by atoms with Crippen molar-refractivity contribution in [1.82, 2.24) is 19.9 Å². The van der Waals surface area contributed by atoms with E-state index in [1.165, 1.54) is 0 Å². The van der Waals surface area contributed by atoms with Gasteiger partial charge in [-0.2, -0.15) is 0 Å². The second-order valence-electron chi connectivity index (χ2n) is 5.45. The second-order valence-corrected chi connectivity index (χ2v) is 6.36. The molecule has 1 amide bonds. The van der Waals surface area contributed by atoms with E-state index in [0.29, 0.717) is 24.2 Å². The molecule has 2 aromatic heterocycles. The molecule has 1 saturated heterocycles. The summed E-state index contributed by atoms with van der Waals surface area (Å²) in [6, 6.07) is 5.78. The third-order valence-electron chi connectivity index (χ3n) is 3.83. The molecule has 23 heavy (non-hydrogen) atoms. The molecule has 120 valence electrons. The van der Waals surface area contributed by atoms with Gasteiger partial charge in [0.05, 0.1) is 11.1 Å². The van der Waals surface area contributed by atoms with Crippen molar-refractivity contribution in [3.63, 3.8) is 0 Å². The summed E-state index contributed by atoms with van der Waals surface area (Å²) in [5.41, 5.74) is 0.505. The van der Waals surface area contributed by atoms with Gasteiger partial charge < -0.3 is 9.64 Å². The van der Waals surface area contributed by atoms with Gasteiger partial charge >= 0.3 is 6.01 Å². The van der Waals surface area contributed by atoms with Crippen LogP contribution in [0.25, 0.3) is 0 Å². The number of piperidine rings is 1. The molecule has 1 fully saturated rings. The van der Waals surface area contributed by atoms with Crippen molar-refractivity contribution in [2.45, 2.75) is 12.8 Å². The molecule has 0 aromatic carbocycles. The lowest BCUT2D eigenvalue weighted by Gasteiger charge is -2.31. The molecule has 0 spiro atoms. The van der Waals surface area contributed by atoms with Crippen LogP contribution < -0.4 is 4.74 Å².